The van der Waals surface area contributed by atoms with Gasteiger partial charge in [0.25, 0.3) is 11.8 Å². The Morgan fingerprint density at radius 3 is 2.33 bits per heavy atom. The smallest absolute Gasteiger partial charge is 0.261 e. The molecule has 2 heterocycles. The number of carbonyl (C=O) groups is 2. The minimum Gasteiger partial charge on any atom is -0.504 e. The van der Waals surface area contributed by atoms with Crippen molar-refractivity contribution in [3.8, 4) is 22.8 Å². The van der Waals surface area contributed by atoms with Gasteiger partial charge in [-0.15, -0.1) is 11.3 Å². The average Bonchev–Trinajstić information content (AvgIpc) is 3.23. The van der Waals surface area contributed by atoms with Gasteiger partial charge >= 0.3 is 0 Å². The summed E-state index contributed by atoms with van der Waals surface area (Å²) in [7, 11) is 0. The minimum absolute atomic E-state index is 0.171. The summed E-state index contributed by atoms with van der Waals surface area (Å²) in [6, 6.07) is 11.4. The minimum atomic E-state index is -0.241. The molecule has 2 amide bonds. The van der Waals surface area contributed by atoms with Crippen molar-refractivity contribution >= 4 is 23.2 Å². The van der Waals surface area contributed by atoms with Gasteiger partial charge in [0.2, 0.25) is 0 Å². The van der Waals surface area contributed by atoms with Crippen LogP contribution in [0.3, 0.4) is 0 Å². The van der Waals surface area contributed by atoms with Crippen molar-refractivity contribution in [2.75, 3.05) is 6.54 Å². The van der Waals surface area contributed by atoms with Gasteiger partial charge < -0.3 is 10.2 Å². The fourth-order valence-corrected chi connectivity index (χ4v) is 3.92. The van der Waals surface area contributed by atoms with Gasteiger partial charge in [-0.05, 0) is 36.8 Å². The zero-order valence-electron chi connectivity index (χ0n) is 14.3. The number of rotatable bonds is 5. The van der Waals surface area contributed by atoms with Crippen molar-refractivity contribution in [1.82, 2.24) is 9.88 Å². The molecule has 4 rings (SSSR count). The summed E-state index contributed by atoms with van der Waals surface area (Å²) in [4.78, 5) is 30.5. The number of hydrogen-bond donors (Lipinski definition) is 2. The molecule has 1 aliphatic heterocycles. The van der Waals surface area contributed by atoms with Crippen LogP contribution in [0.2, 0.25) is 0 Å². The Hall–Kier alpha value is -3.19. The first-order chi connectivity index (χ1) is 13.0. The molecule has 7 heteroatoms. The molecule has 0 spiro atoms. The maximum atomic E-state index is 12.3. The van der Waals surface area contributed by atoms with Gasteiger partial charge in [-0.25, -0.2) is 4.98 Å². The number of aryl methyl sites for hydroxylation is 1. The summed E-state index contributed by atoms with van der Waals surface area (Å²) in [5, 5.41) is 21.8. The van der Waals surface area contributed by atoms with Crippen molar-refractivity contribution in [3.63, 3.8) is 0 Å². The summed E-state index contributed by atoms with van der Waals surface area (Å²) in [5.41, 5.74) is 2.36. The lowest BCUT2D eigenvalue weighted by atomic mass is 10.1. The quantitative estimate of drug-likeness (QED) is 0.523. The lowest BCUT2D eigenvalue weighted by Gasteiger charge is -2.12. The Kier molecular flexibility index (Phi) is 4.37. The first-order valence-corrected chi connectivity index (χ1v) is 9.34. The van der Waals surface area contributed by atoms with E-state index in [2.05, 4.69) is 4.98 Å². The lowest BCUT2D eigenvalue weighted by Crippen LogP contribution is -2.30. The number of phenolic OH excluding ortho intramolecular Hbond substituents is 2. The van der Waals surface area contributed by atoms with Crippen LogP contribution in [0.1, 0.15) is 32.1 Å². The van der Waals surface area contributed by atoms with Gasteiger partial charge in [-0.2, -0.15) is 0 Å². The fraction of sp³-hybridized carbons (Fsp3) is 0.150. The number of amides is 2. The molecule has 0 bridgehead atoms. The van der Waals surface area contributed by atoms with Crippen molar-refractivity contribution in [2.24, 2.45) is 0 Å². The van der Waals surface area contributed by atoms with Crippen LogP contribution in [0, 0.1) is 0 Å². The Morgan fingerprint density at radius 1 is 0.963 bits per heavy atom. The number of imide groups is 1. The van der Waals surface area contributed by atoms with E-state index in [4.69, 9.17) is 0 Å². The standard InChI is InChI=1S/C20H16N2O4S/c23-16-8-7-12(10-17(16)24)15-11-27-18(21-15)6-3-9-22-19(25)13-4-1-2-5-14(13)20(22)26/h1-2,4-5,7-8,10-11,23-24H,3,6,9H2. The van der Waals surface area contributed by atoms with Gasteiger partial charge in [-0.3, -0.25) is 14.5 Å². The summed E-state index contributed by atoms with van der Waals surface area (Å²) in [6.45, 7) is 0.348. The van der Waals surface area contributed by atoms with Gasteiger partial charge in [-0.1, -0.05) is 12.1 Å². The third kappa shape index (κ3) is 3.17. The molecule has 0 atom stereocenters. The Balaban J connectivity index is 1.39. The molecule has 1 aromatic heterocycles. The van der Waals surface area contributed by atoms with Crippen LogP contribution in [0.5, 0.6) is 11.5 Å². The van der Waals surface area contributed by atoms with Gasteiger partial charge in [0, 0.05) is 23.9 Å². The van der Waals surface area contributed by atoms with E-state index in [1.807, 2.05) is 5.38 Å². The average molecular weight is 380 g/mol. The molecule has 0 saturated heterocycles. The third-order valence-corrected chi connectivity index (χ3v) is 5.38. The van der Waals surface area contributed by atoms with Crippen LogP contribution in [0.15, 0.2) is 47.8 Å². The second kappa shape index (κ2) is 6.85. The highest BCUT2D eigenvalue weighted by Gasteiger charge is 2.34. The number of carbonyl (C=O) groups excluding carboxylic acids is 2. The Bertz CT molecular complexity index is 1010. The van der Waals surface area contributed by atoms with Gasteiger partial charge in [0.05, 0.1) is 21.8 Å². The van der Waals surface area contributed by atoms with Crippen LogP contribution in [-0.2, 0) is 6.42 Å². The van der Waals surface area contributed by atoms with Crippen molar-refractivity contribution in [3.05, 3.63) is 64.0 Å². The van der Waals surface area contributed by atoms with E-state index in [9.17, 15) is 19.8 Å². The van der Waals surface area contributed by atoms with Crippen LogP contribution >= 0.6 is 11.3 Å². The maximum absolute atomic E-state index is 12.3. The number of benzene rings is 2. The van der Waals surface area contributed by atoms with E-state index in [0.29, 0.717) is 41.8 Å². The number of nitrogens with zero attached hydrogens (tertiary/aromatic N) is 2. The van der Waals surface area contributed by atoms with Crippen LogP contribution in [0.25, 0.3) is 11.3 Å². The first-order valence-electron chi connectivity index (χ1n) is 8.46. The number of thiazole rings is 1. The number of aromatic hydroxyl groups is 2. The van der Waals surface area contributed by atoms with E-state index in [1.165, 1.54) is 28.4 Å². The van der Waals surface area contributed by atoms with Crippen molar-refractivity contribution in [1.29, 1.82) is 0 Å². The second-order valence-electron chi connectivity index (χ2n) is 6.24. The lowest BCUT2D eigenvalue weighted by molar-refractivity contribution is 0.0652. The van der Waals surface area contributed by atoms with Crippen LogP contribution in [0.4, 0.5) is 0 Å². The molecule has 1 aliphatic rings. The van der Waals surface area contributed by atoms with Gasteiger partial charge in [0.15, 0.2) is 11.5 Å². The summed E-state index contributed by atoms with van der Waals surface area (Å²) < 4.78 is 0. The molecule has 136 valence electrons. The number of aromatic nitrogens is 1. The molecule has 6 nitrogen and oxygen atoms in total. The highest BCUT2D eigenvalue weighted by molar-refractivity contribution is 7.09. The molecule has 0 radical (unpaired) electrons. The molecule has 2 N–H and O–H groups in total. The third-order valence-electron chi connectivity index (χ3n) is 4.47. The first kappa shape index (κ1) is 17.2. The Labute approximate surface area is 159 Å². The van der Waals surface area contributed by atoms with E-state index in [-0.39, 0.29) is 23.3 Å². The Morgan fingerprint density at radius 2 is 1.67 bits per heavy atom. The molecule has 0 aliphatic carbocycles. The largest absolute Gasteiger partial charge is 0.504 e. The van der Waals surface area contributed by atoms with E-state index < -0.39 is 0 Å². The predicted octanol–water partition coefficient (Wildman–Crippen LogP) is 3.45. The number of hydrogen-bond acceptors (Lipinski definition) is 6. The normalized spacial score (nSPS) is 13.3. The molecule has 3 aromatic rings. The van der Waals surface area contributed by atoms with Crippen molar-refractivity contribution in [2.45, 2.75) is 12.8 Å². The van der Waals surface area contributed by atoms with Crippen molar-refractivity contribution < 1.29 is 19.8 Å². The predicted molar refractivity (Wildman–Crippen MR) is 101 cm³/mol. The monoisotopic (exact) mass is 380 g/mol. The molecular formula is C20H16N2O4S. The molecule has 2 aromatic carbocycles. The van der Waals surface area contributed by atoms with E-state index in [0.717, 1.165) is 5.01 Å². The summed E-state index contributed by atoms with van der Waals surface area (Å²) >= 11 is 1.48. The zero-order valence-corrected chi connectivity index (χ0v) is 15.1. The molecular weight excluding hydrogens is 364 g/mol. The maximum Gasteiger partial charge on any atom is 0.261 e. The summed E-state index contributed by atoms with van der Waals surface area (Å²) in [6.07, 6.45) is 1.27. The number of fused-ring (bicyclic) bond motifs is 1. The number of phenols is 2. The highest BCUT2D eigenvalue weighted by Crippen LogP contribution is 2.31. The SMILES string of the molecule is O=C1c2ccccc2C(=O)N1CCCc1nc(-c2ccc(O)c(O)c2)cs1. The zero-order chi connectivity index (χ0) is 19.0. The van der Waals surface area contributed by atoms with E-state index >= 15 is 0 Å². The van der Waals surface area contributed by atoms with Crippen LogP contribution in [-0.4, -0.2) is 38.5 Å². The molecule has 0 unspecified atom stereocenters. The molecule has 27 heavy (non-hydrogen) atoms. The van der Waals surface area contributed by atoms with Gasteiger partial charge in [0.1, 0.15) is 0 Å². The highest BCUT2D eigenvalue weighted by atomic mass is 32.1. The fourth-order valence-electron chi connectivity index (χ4n) is 3.07. The van der Waals surface area contributed by atoms with Crippen LogP contribution < -0.4 is 0 Å². The van der Waals surface area contributed by atoms with E-state index in [1.54, 1.807) is 30.3 Å². The molecule has 0 fully saturated rings. The molecule has 0 saturated carbocycles. The topological polar surface area (TPSA) is 90.7 Å². The summed E-state index contributed by atoms with van der Waals surface area (Å²) in [5.74, 6) is -0.840. The second-order valence-corrected chi connectivity index (χ2v) is 7.18.